The number of aliphatic hydroxyl groups excluding tert-OH is 1. The third-order valence-corrected chi connectivity index (χ3v) is 3.59. The first-order chi connectivity index (χ1) is 20.0. The predicted octanol–water partition coefficient (Wildman–Crippen LogP) is 2.77. The Labute approximate surface area is 190 Å². The van der Waals surface area contributed by atoms with Crippen LogP contribution in [0.25, 0.3) is 0 Å². The average molecular weight is 413 g/mol. The molecule has 3 aromatic rings. The first kappa shape index (κ1) is 7.94. The molecule has 2 aromatic carbocycles. The van der Waals surface area contributed by atoms with Crippen LogP contribution in [-0.2, 0) is 17.5 Å². The van der Waals surface area contributed by atoms with Gasteiger partial charge in [0.2, 0.25) is 5.91 Å². The molecule has 0 fully saturated rings. The van der Waals surface area contributed by atoms with Gasteiger partial charge in [0.25, 0.3) is 0 Å². The molecular weight excluding hydrogens is 372 g/mol. The van der Waals surface area contributed by atoms with Gasteiger partial charge in [-0.1, -0.05) is 42.3 Å². The first-order valence-corrected chi connectivity index (χ1v) is 8.47. The zero-order valence-electron chi connectivity index (χ0n) is 30.1. The number of thiazole rings is 1. The van der Waals surface area contributed by atoms with Gasteiger partial charge in [-0.25, -0.2) is 4.98 Å². The number of nitrogens with one attached hydrogen (secondary N) is 2. The van der Waals surface area contributed by atoms with Crippen LogP contribution in [0.15, 0.2) is 59.7 Å². The van der Waals surface area contributed by atoms with Crippen molar-refractivity contribution in [3.05, 3.63) is 76.6 Å². The van der Waals surface area contributed by atoms with E-state index < -0.39 is 120 Å². The van der Waals surface area contributed by atoms with Gasteiger partial charge >= 0.3 is 0 Å². The second kappa shape index (κ2) is 9.98. The van der Waals surface area contributed by atoms with Gasteiger partial charge < -0.3 is 21.5 Å². The van der Waals surface area contributed by atoms with Crippen LogP contribution in [0, 0.1) is 0 Å². The van der Waals surface area contributed by atoms with Crippen molar-refractivity contribution in [2.75, 3.05) is 24.1 Å². The SMILES string of the molecule is [2H]c1sc(N)nc1C([2H])([2H])C(=O)Nc1c([2H])c([2H])c(C([2H])([2H])C([2H])([2H])NC[C@@H](O)c2c([2H])c([2H])c([2H])c([2H])c2[2H])c([2H])c1[2H]. The molecule has 0 saturated carbocycles. The average Bonchev–Trinajstić information content (AvgIpc) is 3.29. The zero-order valence-corrected chi connectivity index (χ0v) is 14.9. The van der Waals surface area contributed by atoms with Crippen LogP contribution in [-0.4, -0.2) is 29.0 Å². The summed E-state index contributed by atoms with van der Waals surface area (Å²) in [6.07, 6.45) is -8.34. The number of nitrogens with zero attached hydrogens (tertiary/aromatic N) is 1. The normalized spacial score (nSPS) is 21.6. The topological polar surface area (TPSA) is 100 Å². The molecule has 1 heterocycles. The van der Waals surface area contributed by atoms with E-state index in [1.165, 1.54) is 0 Å². The largest absolute Gasteiger partial charge is 0.387 e. The molecule has 6 nitrogen and oxygen atoms in total. The minimum atomic E-state index is -3.39. The number of hydrogen-bond donors (Lipinski definition) is 4. The van der Waals surface area contributed by atoms with E-state index in [-0.39, 0.29) is 5.13 Å². The molecule has 3 rings (SSSR count). The van der Waals surface area contributed by atoms with Crippen LogP contribution in [0.4, 0.5) is 10.8 Å². The van der Waals surface area contributed by atoms with E-state index in [0.717, 1.165) is 0 Å². The number of carbonyl (C=O) groups is 1. The second-order valence-corrected chi connectivity index (χ2v) is 5.84. The molecule has 1 amide bonds. The lowest BCUT2D eigenvalue weighted by atomic mass is 10.1. The summed E-state index contributed by atoms with van der Waals surface area (Å²) >= 11 is 0.583. The summed E-state index contributed by atoms with van der Waals surface area (Å²) in [6, 6.07) is -8.20. The standard InChI is InChI=1S/C21H24N4O2S/c22-21-25-18(14-28-21)12-20(27)24-17-8-6-15(7-9-17)10-11-23-13-19(26)16-4-2-1-3-5-16/h1-9,14,19,23,26H,10-13H2,(H2,22,25)(H,24,27)/t19-/m1/s1/i1D,2D,3D,4D,5D,6D,7D,8D,9D,10D2,11D2,12D2,14D. The monoisotopic (exact) mass is 412 g/mol. The molecule has 0 unspecified atom stereocenters. The molecule has 0 saturated heterocycles. The Morgan fingerprint density at radius 2 is 2.00 bits per heavy atom. The Morgan fingerprint density at radius 1 is 1.25 bits per heavy atom. The summed E-state index contributed by atoms with van der Waals surface area (Å²) in [5.74, 6) is -1.54. The predicted molar refractivity (Wildman–Crippen MR) is 113 cm³/mol. The molecule has 146 valence electrons. The van der Waals surface area contributed by atoms with Crippen LogP contribution in [0.1, 0.15) is 44.9 Å². The van der Waals surface area contributed by atoms with Crippen LogP contribution >= 0.6 is 11.3 Å². The molecule has 0 spiro atoms. The van der Waals surface area contributed by atoms with Gasteiger partial charge in [-0.3, -0.25) is 4.79 Å². The molecule has 0 bridgehead atoms. The summed E-state index contributed by atoms with van der Waals surface area (Å²) in [5, 5.41) is 13.8. The number of benzene rings is 2. The Balaban J connectivity index is 1.96. The van der Waals surface area contributed by atoms with E-state index in [2.05, 4.69) is 4.98 Å². The number of aliphatic hydroxyl groups is 1. The molecule has 0 aliphatic carbocycles. The Hall–Kier alpha value is -2.74. The second-order valence-electron chi connectivity index (χ2n) is 5.02. The highest BCUT2D eigenvalue weighted by Gasteiger charge is 2.08. The molecular formula is C21H24N4O2S. The van der Waals surface area contributed by atoms with Gasteiger partial charge in [-0.05, 0) is 36.1 Å². The van der Waals surface area contributed by atoms with Gasteiger partial charge in [0.15, 0.2) is 5.13 Å². The summed E-state index contributed by atoms with van der Waals surface area (Å²) in [7, 11) is 0. The number of amides is 1. The minimum absolute atomic E-state index is 0.207. The molecule has 1 aromatic heterocycles. The van der Waals surface area contributed by atoms with E-state index >= 15 is 0 Å². The van der Waals surface area contributed by atoms with Crippen LogP contribution in [0.3, 0.4) is 0 Å². The number of anilines is 2. The Bertz CT molecular complexity index is 1590. The number of carbonyl (C=O) groups excluding carboxylic acids is 1. The van der Waals surface area contributed by atoms with E-state index in [9.17, 15) is 9.90 Å². The Kier molecular flexibility index (Phi) is 2.83. The van der Waals surface area contributed by atoms with Gasteiger partial charge in [-0.15, -0.1) is 11.3 Å². The lowest BCUT2D eigenvalue weighted by Crippen LogP contribution is -2.23. The third-order valence-electron chi connectivity index (χ3n) is 2.99. The number of hydrogen-bond acceptors (Lipinski definition) is 6. The Morgan fingerprint density at radius 3 is 2.68 bits per heavy atom. The van der Waals surface area contributed by atoms with E-state index in [1.807, 2.05) is 10.6 Å². The fourth-order valence-electron chi connectivity index (χ4n) is 1.78. The van der Waals surface area contributed by atoms with Crippen LogP contribution in [0.2, 0.25) is 0 Å². The summed E-state index contributed by atoms with van der Waals surface area (Å²) in [5.41, 5.74) is 2.23. The minimum Gasteiger partial charge on any atom is -0.387 e. The lowest BCUT2D eigenvalue weighted by Gasteiger charge is -2.12. The first-order valence-electron chi connectivity index (χ1n) is 15.7. The van der Waals surface area contributed by atoms with Crippen molar-refractivity contribution in [2.24, 2.45) is 0 Å². The maximum Gasteiger partial charge on any atom is 0.230 e. The van der Waals surface area contributed by atoms with E-state index in [1.54, 1.807) is 0 Å². The smallest absolute Gasteiger partial charge is 0.230 e. The van der Waals surface area contributed by atoms with Gasteiger partial charge in [-0.2, -0.15) is 0 Å². The third kappa shape index (κ3) is 6.16. The number of aromatic nitrogens is 1. The number of rotatable bonds is 9. The fourth-order valence-corrected chi connectivity index (χ4v) is 2.22. The number of nitrogens with two attached hydrogens (primary N) is 1. The lowest BCUT2D eigenvalue weighted by molar-refractivity contribution is -0.115. The van der Waals surface area contributed by atoms with Crippen LogP contribution < -0.4 is 16.4 Å². The fraction of sp³-hybridized carbons (Fsp3) is 0.238. The van der Waals surface area contributed by atoms with Crippen molar-refractivity contribution in [2.45, 2.75) is 18.8 Å². The van der Waals surface area contributed by atoms with Gasteiger partial charge in [0, 0.05) is 25.8 Å². The molecule has 0 radical (unpaired) electrons. The highest BCUT2D eigenvalue weighted by Crippen LogP contribution is 2.14. The van der Waals surface area contributed by atoms with Crippen molar-refractivity contribution < 1.29 is 31.8 Å². The highest BCUT2D eigenvalue weighted by atomic mass is 32.1. The maximum absolute atomic E-state index is 12.8. The van der Waals surface area contributed by atoms with Gasteiger partial charge in [0.1, 0.15) is 0 Å². The van der Waals surface area contributed by atoms with Gasteiger partial charge in [0.05, 0.1) is 31.9 Å². The molecule has 1 atom stereocenters. The van der Waals surface area contributed by atoms with Crippen molar-refractivity contribution in [3.8, 4) is 0 Å². The van der Waals surface area contributed by atoms with E-state index in [0.29, 0.717) is 11.3 Å². The van der Waals surface area contributed by atoms with Crippen molar-refractivity contribution >= 4 is 28.1 Å². The van der Waals surface area contributed by atoms with E-state index in [4.69, 9.17) is 27.7 Å². The van der Waals surface area contributed by atoms with Crippen molar-refractivity contribution in [1.82, 2.24) is 10.3 Å². The maximum atomic E-state index is 12.8. The van der Waals surface area contributed by atoms with Crippen LogP contribution in [0.5, 0.6) is 0 Å². The summed E-state index contributed by atoms with van der Waals surface area (Å²) in [6.45, 7) is -4.19. The quantitative estimate of drug-likeness (QED) is 0.433. The summed E-state index contributed by atoms with van der Waals surface area (Å²) in [4.78, 5) is 16.4. The molecule has 5 N–H and O–H groups in total. The molecule has 0 aliphatic rings. The molecule has 28 heavy (non-hydrogen) atoms. The number of nitrogen functional groups attached to an aromatic ring is 1. The molecule has 0 aliphatic heterocycles. The highest BCUT2D eigenvalue weighted by molar-refractivity contribution is 7.13. The zero-order chi connectivity index (χ0) is 33.9. The molecule has 7 heteroatoms. The van der Waals surface area contributed by atoms with Crippen molar-refractivity contribution in [1.29, 1.82) is 0 Å². The summed E-state index contributed by atoms with van der Waals surface area (Å²) < 4.78 is 129. The van der Waals surface area contributed by atoms with Crippen molar-refractivity contribution in [3.63, 3.8) is 0 Å².